The van der Waals surface area contributed by atoms with Crippen molar-refractivity contribution in [1.82, 2.24) is 10.2 Å². The van der Waals surface area contributed by atoms with Gasteiger partial charge < -0.3 is 4.42 Å². The molecule has 1 aromatic heterocycles. The van der Waals surface area contributed by atoms with E-state index in [0.29, 0.717) is 0 Å². The Balaban J connectivity index is 2.35. The van der Waals surface area contributed by atoms with Gasteiger partial charge in [0.1, 0.15) is 11.6 Å². The summed E-state index contributed by atoms with van der Waals surface area (Å²) in [6, 6.07) is 3.52. The smallest absolute Gasteiger partial charge is 0.392 e. The van der Waals surface area contributed by atoms with Gasteiger partial charge in [-0.25, -0.2) is 18.7 Å². The highest BCUT2D eigenvalue weighted by Crippen LogP contribution is 2.14. The molecule has 1 heterocycles. The number of H-pyrrole nitrogens is 1. The molecule has 0 bridgehead atoms. The topological polar surface area (TPSA) is 58.9 Å². The maximum absolute atomic E-state index is 13.1. The van der Waals surface area contributed by atoms with E-state index in [-0.39, 0.29) is 17.9 Å². The molecule has 0 fully saturated rings. The molecule has 15 heavy (non-hydrogen) atoms. The van der Waals surface area contributed by atoms with Gasteiger partial charge in [0.2, 0.25) is 5.89 Å². The molecule has 4 nitrogen and oxygen atoms in total. The van der Waals surface area contributed by atoms with Gasteiger partial charge in [-0.05, 0) is 12.1 Å². The molecule has 0 aliphatic heterocycles. The van der Waals surface area contributed by atoms with Gasteiger partial charge in [0.25, 0.3) is 0 Å². The first-order valence-electron chi connectivity index (χ1n) is 4.14. The molecule has 1 aromatic carbocycles. The Morgan fingerprint density at radius 2 is 2.00 bits per heavy atom. The number of hydrogen-bond acceptors (Lipinski definition) is 3. The van der Waals surface area contributed by atoms with Gasteiger partial charge in [0.15, 0.2) is 0 Å². The van der Waals surface area contributed by atoms with Gasteiger partial charge >= 0.3 is 5.76 Å². The molecule has 0 radical (unpaired) electrons. The lowest BCUT2D eigenvalue weighted by Crippen LogP contribution is -1.97. The fraction of sp³-hybridized carbons (Fsp3) is 0.111. The molecule has 0 unspecified atom stereocenters. The number of hydrogen-bond donors (Lipinski definition) is 1. The van der Waals surface area contributed by atoms with E-state index in [1.54, 1.807) is 0 Å². The Morgan fingerprint density at radius 1 is 1.33 bits per heavy atom. The van der Waals surface area contributed by atoms with Gasteiger partial charge in [-0.15, -0.1) is 5.10 Å². The van der Waals surface area contributed by atoms with Crippen LogP contribution in [-0.4, -0.2) is 10.2 Å². The van der Waals surface area contributed by atoms with E-state index in [1.807, 2.05) is 5.10 Å². The van der Waals surface area contributed by atoms with Crippen molar-refractivity contribution in [2.45, 2.75) is 6.42 Å². The van der Waals surface area contributed by atoms with Crippen LogP contribution in [0.25, 0.3) is 0 Å². The maximum atomic E-state index is 13.1. The zero-order valence-electron chi connectivity index (χ0n) is 7.46. The van der Waals surface area contributed by atoms with Crippen LogP contribution in [0.3, 0.4) is 0 Å². The van der Waals surface area contributed by atoms with Crippen LogP contribution in [-0.2, 0) is 6.42 Å². The maximum Gasteiger partial charge on any atom is 0.434 e. The lowest BCUT2D eigenvalue weighted by atomic mass is 10.1. The van der Waals surface area contributed by atoms with Gasteiger partial charge in [0.05, 0.1) is 6.42 Å². The average Bonchev–Trinajstić information content (AvgIpc) is 2.58. The Kier molecular flexibility index (Phi) is 2.32. The highest BCUT2D eigenvalue weighted by molar-refractivity contribution is 5.22. The predicted molar refractivity (Wildman–Crippen MR) is 46.3 cm³/mol. The highest BCUT2D eigenvalue weighted by Gasteiger charge is 2.12. The second-order valence-electron chi connectivity index (χ2n) is 2.88. The number of nitrogens with zero attached hydrogens (tertiary/aromatic N) is 1. The normalized spacial score (nSPS) is 10.5. The summed E-state index contributed by atoms with van der Waals surface area (Å²) in [6.07, 6.45) is -0.197. The van der Waals surface area contributed by atoms with Crippen molar-refractivity contribution in [3.05, 3.63) is 51.8 Å². The zero-order chi connectivity index (χ0) is 10.8. The van der Waals surface area contributed by atoms with Gasteiger partial charge in [0, 0.05) is 5.56 Å². The van der Waals surface area contributed by atoms with Crippen LogP contribution < -0.4 is 5.76 Å². The van der Waals surface area contributed by atoms with Gasteiger partial charge in [-0.2, -0.15) is 0 Å². The quantitative estimate of drug-likeness (QED) is 0.814. The van der Waals surface area contributed by atoms with E-state index in [4.69, 9.17) is 0 Å². The van der Waals surface area contributed by atoms with Crippen LogP contribution >= 0.6 is 0 Å². The number of aromatic amines is 1. The molecule has 0 amide bonds. The Labute approximate surface area is 82.5 Å². The summed E-state index contributed by atoms with van der Waals surface area (Å²) in [4.78, 5) is 10.6. The first-order valence-corrected chi connectivity index (χ1v) is 4.14. The number of nitrogens with one attached hydrogen (secondary N) is 1. The zero-order valence-corrected chi connectivity index (χ0v) is 7.46. The van der Waals surface area contributed by atoms with Crippen LogP contribution in [0.1, 0.15) is 11.5 Å². The molecule has 0 saturated heterocycles. The van der Waals surface area contributed by atoms with Gasteiger partial charge in [-0.3, -0.25) is 0 Å². The molecule has 0 aliphatic rings. The summed E-state index contributed by atoms with van der Waals surface area (Å²) in [6.45, 7) is 0. The highest BCUT2D eigenvalue weighted by atomic mass is 19.1. The fourth-order valence-corrected chi connectivity index (χ4v) is 1.19. The second kappa shape index (κ2) is 3.64. The third-order valence-corrected chi connectivity index (χ3v) is 1.87. The molecule has 2 rings (SSSR count). The lowest BCUT2D eigenvalue weighted by molar-refractivity contribution is 0.462. The molecule has 2 aromatic rings. The molecule has 1 N–H and O–H groups in total. The lowest BCUT2D eigenvalue weighted by Gasteiger charge is -2.00. The Morgan fingerprint density at radius 3 is 2.53 bits per heavy atom. The molecule has 78 valence electrons. The van der Waals surface area contributed by atoms with E-state index >= 15 is 0 Å². The minimum atomic E-state index is -0.748. The third-order valence-electron chi connectivity index (χ3n) is 1.87. The molecular weight excluding hydrogens is 206 g/mol. The molecule has 0 atom stereocenters. The number of aromatic nitrogens is 2. The van der Waals surface area contributed by atoms with E-state index in [9.17, 15) is 13.6 Å². The van der Waals surface area contributed by atoms with Crippen molar-refractivity contribution in [2.75, 3.05) is 0 Å². The van der Waals surface area contributed by atoms with E-state index in [2.05, 4.69) is 9.52 Å². The summed E-state index contributed by atoms with van der Waals surface area (Å²) in [7, 11) is 0. The summed E-state index contributed by atoms with van der Waals surface area (Å²) in [5.41, 5.74) is -0.173. The molecular formula is C9H6F2N2O2. The van der Waals surface area contributed by atoms with Crippen molar-refractivity contribution < 1.29 is 13.2 Å². The summed E-state index contributed by atoms with van der Waals surface area (Å²) in [5.74, 6) is -2.19. The van der Waals surface area contributed by atoms with Crippen LogP contribution in [0, 0.1) is 11.6 Å². The SMILES string of the molecule is O=c1[nH]nc(Cc2c(F)cccc2F)o1. The van der Waals surface area contributed by atoms with E-state index in [0.717, 1.165) is 12.1 Å². The molecule has 0 spiro atoms. The van der Waals surface area contributed by atoms with Crippen LogP contribution in [0.5, 0.6) is 0 Å². The summed E-state index contributed by atoms with van der Waals surface area (Å²) in [5, 5.41) is 5.47. The predicted octanol–water partition coefficient (Wildman–Crippen LogP) is 1.23. The van der Waals surface area contributed by atoms with Crippen LogP contribution in [0.4, 0.5) is 8.78 Å². The minimum absolute atomic E-state index is 0.0519. The Hall–Kier alpha value is -1.98. The molecule has 0 saturated carbocycles. The van der Waals surface area contributed by atoms with Crippen molar-refractivity contribution >= 4 is 0 Å². The van der Waals surface area contributed by atoms with Crippen molar-refractivity contribution in [3.8, 4) is 0 Å². The monoisotopic (exact) mass is 212 g/mol. The number of halogens is 2. The summed E-state index contributed by atoms with van der Waals surface area (Å²) >= 11 is 0. The number of rotatable bonds is 2. The molecule has 6 heteroatoms. The van der Waals surface area contributed by atoms with E-state index < -0.39 is 17.4 Å². The summed E-state index contributed by atoms with van der Waals surface area (Å²) < 4.78 is 30.8. The van der Waals surface area contributed by atoms with Gasteiger partial charge in [-0.1, -0.05) is 6.07 Å². The fourth-order valence-electron chi connectivity index (χ4n) is 1.19. The van der Waals surface area contributed by atoms with Crippen molar-refractivity contribution in [2.24, 2.45) is 0 Å². The largest absolute Gasteiger partial charge is 0.434 e. The third kappa shape index (κ3) is 1.93. The Bertz CT molecular complexity index is 513. The average molecular weight is 212 g/mol. The second-order valence-corrected chi connectivity index (χ2v) is 2.88. The van der Waals surface area contributed by atoms with Crippen molar-refractivity contribution in [3.63, 3.8) is 0 Å². The first kappa shape index (κ1) is 9.57. The van der Waals surface area contributed by atoms with Crippen LogP contribution in [0.15, 0.2) is 27.4 Å². The standard InChI is InChI=1S/C9H6F2N2O2/c10-6-2-1-3-7(11)5(6)4-8-12-13-9(14)15-8/h1-3H,4H2,(H,13,14). The minimum Gasteiger partial charge on any atom is -0.392 e. The number of benzene rings is 1. The van der Waals surface area contributed by atoms with E-state index in [1.165, 1.54) is 6.07 Å². The first-order chi connectivity index (χ1) is 7.16. The van der Waals surface area contributed by atoms with Crippen LogP contribution in [0.2, 0.25) is 0 Å². The van der Waals surface area contributed by atoms with Crippen molar-refractivity contribution in [1.29, 1.82) is 0 Å². The molecule has 0 aliphatic carbocycles.